The van der Waals surface area contributed by atoms with Crippen LogP contribution in [0, 0.1) is 0 Å². The highest BCUT2D eigenvalue weighted by atomic mass is 35.5. The highest BCUT2D eigenvalue weighted by Gasteiger charge is 2.34. The van der Waals surface area contributed by atoms with E-state index in [1.807, 2.05) is 13.8 Å². The van der Waals surface area contributed by atoms with Crippen LogP contribution in [0.15, 0.2) is 6.20 Å². The molecule has 2 N–H and O–H groups in total. The molecule has 6 nitrogen and oxygen atoms in total. The third kappa shape index (κ3) is 3.70. The largest absolute Gasteiger partial charge is 0.394 e. The molecule has 0 saturated carbocycles. The van der Waals surface area contributed by atoms with Gasteiger partial charge in [-0.3, -0.25) is 4.79 Å². The number of rotatable bonds is 4. The molecule has 0 aromatic carbocycles. The molecule has 0 atom stereocenters. The van der Waals surface area contributed by atoms with Crippen LogP contribution in [-0.2, 0) is 4.74 Å². The van der Waals surface area contributed by atoms with Crippen molar-refractivity contribution in [1.29, 1.82) is 0 Å². The number of aromatic nitrogens is 2. The van der Waals surface area contributed by atoms with E-state index in [1.165, 1.54) is 6.20 Å². The molecule has 1 fully saturated rings. The second-order valence-corrected chi connectivity index (χ2v) is 5.99. The lowest BCUT2D eigenvalue weighted by atomic mass is 9.91. The Morgan fingerprint density at radius 1 is 1.52 bits per heavy atom. The van der Waals surface area contributed by atoms with Gasteiger partial charge < -0.3 is 15.2 Å². The number of aliphatic hydroxyl groups is 1. The van der Waals surface area contributed by atoms with E-state index in [0.717, 1.165) is 0 Å². The third-order valence-electron chi connectivity index (χ3n) is 3.63. The van der Waals surface area contributed by atoms with Gasteiger partial charge in [-0.25, -0.2) is 9.97 Å². The molecule has 1 aromatic rings. The zero-order valence-electron chi connectivity index (χ0n) is 12.2. The van der Waals surface area contributed by atoms with Crippen LogP contribution in [0.2, 0.25) is 5.02 Å². The van der Waals surface area contributed by atoms with E-state index in [0.29, 0.717) is 31.9 Å². The zero-order valence-corrected chi connectivity index (χ0v) is 13.0. The minimum atomic E-state index is -0.665. The van der Waals surface area contributed by atoms with Crippen molar-refractivity contribution in [3.8, 4) is 0 Å². The highest BCUT2D eigenvalue weighted by molar-refractivity contribution is 6.33. The predicted molar refractivity (Wildman–Crippen MR) is 78.5 cm³/mol. The molecule has 7 heteroatoms. The first kappa shape index (κ1) is 16.1. The number of nitrogens with one attached hydrogen (secondary N) is 1. The van der Waals surface area contributed by atoms with Crippen molar-refractivity contribution in [2.45, 2.75) is 38.1 Å². The number of ether oxygens (including phenoxy) is 1. The Hall–Kier alpha value is -1.24. The maximum atomic E-state index is 12.4. The molecule has 21 heavy (non-hydrogen) atoms. The molecule has 1 saturated heterocycles. The van der Waals surface area contributed by atoms with Crippen molar-refractivity contribution in [1.82, 2.24) is 15.3 Å². The molecule has 116 valence electrons. The van der Waals surface area contributed by atoms with Crippen LogP contribution in [-0.4, -0.2) is 46.3 Å². The number of halogens is 1. The van der Waals surface area contributed by atoms with Crippen LogP contribution >= 0.6 is 11.6 Å². The summed E-state index contributed by atoms with van der Waals surface area (Å²) < 4.78 is 5.27. The summed E-state index contributed by atoms with van der Waals surface area (Å²) in [5.74, 6) is 0.276. The molecular formula is C14H20ClN3O3. The zero-order chi connectivity index (χ0) is 15.5. The van der Waals surface area contributed by atoms with Crippen LogP contribution < -0.4 is 5.32 Å². The van der Waals surface area contributed by atoms with Crippen molar-refractivity contribution in [2.24, 2.45) is 0 Å². The lowest BCUT2D eigenvalue weighted by Gasteiger charge is -2.36. The average molecular weight is 314 g/mol. The van der Waals surface area contributed by atoms with Gasteiger partial charge in [-0.1, -0.05) is 25.4 Å². The van der Waals surface area contributed by atoms with Gasteiger partial charge in [0, 0.05) is 19.1 Å². The number of hydrogen-bond donors (Lipinski definition) is 2. The summed E-state index contributed by atoms with van der Waals surface area (Å²) in [5.41, 5.74) is -0.517. The van der Waals surface area contributed by atoms with Crippen LogP contribution in [0.4, 0.5) is 0 Å². The third-order valence-corrected chi connectivity index (χ3v) is 3.90. The first-order valence-electron chi connectivity index (χ1n) is 7.01. The quantitative estimate of drug-likeness (QED) is 0.880. The molecular weight excluding hydrogens is 294 g/mol. The maximum Gasteiger partial charge on any atom is 0.272 e. The minimum Gasteiger partial charge on any atom is -0.394 e. The molecule has 0 unspecified atom stereocenters. The summed E-state index contributed by atoms with van der Waals surface area (Å²) in [7, 11) is 0. The van der Waals surface area contributed by atoms with Crippen molar-refractivity contribution >= 4 is 17.5 Å². The summed E-state index contributed by atoms with van der Waals surface area (Å²) >= 11 is 6.03. The summed E-state index contributed by atoms with van der Waals surface area (Å²) in [5, 5.41) is 12.7. The van der Waals surface area contributed by atoms with Gasteiger partial charge >= 0.3 is 0 Å². The van der Waals surface area contributed by atoms with E-state index in [9.17, 15) is 9.90 Å². The summed E-state index contributed by atoms with van der Waals surface area (Å²) in [6.45, 7) is 4.77. The number of carbonyl (C=O) groups excluding carboxylic acids is 1. The van der Waals surface area contributed by atoms with E-state index in [1.54, 1.807) is 0 Å². The monoisotopic (exact) mass is 313 g/mol. The van der Waals surface area contributed by atoms with Crippen molar-refractivity contribution in [2.75, 3.05) is 19.8 Å². The first-order valence-corrected chi connectivity index (χ1v) is 7.39. The Morgan fingerprint density at radius 3 is 2.76 bits per heavy atom. The summed E-state index contributed by atoms with van der Waals surface area (Å²) in [6.07, 6.45) is 2.57. The minimum absolute atomic E-state index is 0.101. The van der Waals surface area contributed by atoms with Gasteiger partial charge in [-0.05, 0) is 12.8 Å². The molecule has 1 amide bonds. The number of hydrogen-bond acceptors (Lipinski definition) is 5. The lowest BCUT2D eigenvalue weighted by Crippen LogP contribution is -2.54. The van der Waals surface area contributed by atoms with E-state index in [-0.39, 0.29) is 29.1 Å². The molecule has 1 aliphatic rings. The Bertz CT molecular complexity index is 516. The van der Waals surface area contributed by atoms with E-state index < -0.39 is 5.54 Å². The van der Waals surface area contributed by atoms with Crippen LogP contribution in [0.1, 0.15) is 48.9 Å². The van der Waals surface area contributed by atoms with E-state index >= 15 is 0 Å². The molecule has 1 aliphatic heterocycles. The van der Waals surface area contributed by atoms with Gasteiger partial charge in [0.25, 0.3) is 5.91 Å². The smallest absolute Gasteiger partial charge is 0.272 e. The fourth-order valence-electron chi connectivity index (χ4n) is 2.20. The van der Waals surface area contributed by atoms with Crippen LogP contribution in [0.3, 0.4) is 0 Å². The van der Waals surface area contributed by atoms with E-state index in [4.69, 9.17) is 16.3 Å². The predicted octanol–water partition coefficient (Wildman–Crippen LogP) is 1.52. The molecule has 2 rings (SSSR count). The van der Waals surface area contributed by atoms with E-state index in [2.05, 4.69) is 15.3 Å². The Balaban J connectivity index is 2.21. The topological polar surface area (TPSA) is 84.3 Å². The van der Waals surface area contributed by atoms with Crippen molar-refractivity contribution in [3.63, 3.8) is 0 Å². The fraction of sp³-hybridized carbons (Fsp3) is 0.643. The Kier molecular flexibility index (Phi) is 5.13. The molecule has 2 heterocycles. The normalized spacial score (nSPS) is 17.8. The second-order valence-electron chi connectivity index (χ2n) is 5.58. The first-order chi connectivity index (χ1) is 9.97. The van der Waals surface area contributed by atoms with Gasteiger partial charge in [-0.15, -0.1) is 0 Å². The molecule has 0 spiro atoms. The van der Waals surface area contributed by atoms with Crippen molar-refractivity contribution < 1.29 is 14.6 Å². The van der Waals surface area contributed by atoms with Gasteiger partial charge in [0.05, 0.1) is 23.4 Å². The second kappa shape index (κ2) is 6.68. The molecule has 0 aliphatic carbocycles. The Morgan fingerprint density at radius 2 is 2.19 bits per heavy atom. The average Bonchev–Trinajstić information content (AvgIpc) is 2.48. The van der Waals surface area contributed by atoms with Crippen LogP contribution in [0.25, 0.3) is 0 Å². The van der Waals surface area contributed by atoms with Gasteiger partial charge in [0.2, 0.25) is 0 Å². The van der Waals surface area contributed by atoms with Gasteiger partial charge in [-0.2, -0.15) is 0 Å². The highest BCUT2D eigenvalue weighted by Crippen LogP contribution is 2.22. The number of amides is 1. The fourth-order valence-corrected chi connectivity index (χ4v) is 2.38. The SMILES string of the molecule is CC(C)c1ncc(Cl)c(C(=O)NC2(CO)CCOCC2)n1. The standard InChI is InChI=1S/C14H20ClN3O3/c1-9(2)12-16-7-10(15)11(17-12)13(20)18-14(8-19)3-5-21-6-4-14/h7,9,19H,3-6,8H2,1-2H3,(H,18,20). The van der Waals surface area contributed by atoms with Crippen molar-refractivity contribution in [3.05, 3.63) is 22.7 Å². The van der Waals surface area contributed by atoms with Crippen LogP contribution in [0.5, 0.6) is 0 Å². The Labute approximate surface area is 128 Å². The summed E-state index contributed by atoms with van der Waals surface area (Å²) in [6, 6.07) is 0. The molecule has 0 bridgehead atoms. The van der Waals surface area contributed by atoms with Gasteiger partial charge in [0.15, 0.2) is 0 Å². The summed E-state index contributed by atoms with van der Waals surface area (Å²) in [4.78, 5) is 20.8. The number of aliphatic hydroxyl groups excluding tert-OH is 1. The number of carbonyl (C=O) groups is 1. The maximum absolute atomic E-state index is 12.4. The number of nitrogens with zero attached hydrogens (tertiary/aromatic N) is 2. The molecule has 0 radical (unpaired) electrons. The lowest BCUT2D eigenvalue weighted by molar-refractivity contribution is 0.0124. The van der Waals surface area contributed by atoms with Gasteiger partial charge in [0.1, 0.15) is 11.5 Å². The molecule has 1 aromatic heterocycles.